The average molecular weight is 503 g/mol. The Labute approximate surface area is 192 Å². The molecule has 1 aliphatic rings. The number of carbonyl (C=O) groups excluding carboxylic acids is 2. The summed E-state index contributed by atoms with van der Waals surface area (Å²) in [6.07, 6.45) is 2.37. The highest BCUT2D eigenvalue weighted by atomic mass is 79.9. The van der Waals surface area contributed by atoms with Gasteiger partial charge in [-0.05, 0) is 89.5 Å². The first-order valence-corrected chi connectivity index (χ1v) is 10.6. The number of carboxylic acid groups (broad SMARTS) is 1. The van der Waals surface area contributed by atoms with Gasteiger partial charge < -0.3 is 9.84 Å². The molecule has 0 unspecified atom stereocenters. The zero-order valence-electron chi connectivity index (χ0n) is 16.7. The van der Waals surface area contributed by atoms with Gasteiger partial charge in [0.15, 0.2) is 5.11 Å². The van der Waals surface area contributed by atoms with Gasteiger partial charge in [-0.25, -0.2) is 4.79 Å². The van der Waals surface area contributed by atoms with Gasteiger partial charge >= 0.3 is 5.97 Å². The number of rotatable bonds is 6. The summed E-state index contributed by atoms with van der Waals surface area (Å²) in [4.78, 5) is 37.7. The monoisotopic (exact) mass is 502 g/mol. The number of nitrogens with one attached hydrogen (secondary N) is 1. The lowest BCUT2D eigenvalue weighted by molar-refractivity contribution is -0.122. The third-order valence-corrected chi connectivity index (χ3v) is 5.55. The topological polar surface area (TPSA) is 95.9 Å². The van der Waals surface area contributed by atoms with Crippen molar-refractivity contribution < 1.29 is 24.2 Å². The fourth-order valence-electron chi connectivity index (χ4n) is 2.81. The third-order valence-electron chi connectivity index (χ3n) is 4.64. The molecule has 0 spiro atoms. The Hall–Kier alpha value is -3.04. The van der Waals surface area contributed by atoms with Gasteiger partial charge in [0.25, 0.3) is 11.8 Å². The summed E-state index contributed by atoms with van der Waals surface area (Å²) < 4.78 is 6.51. The number of nitrogens with zero attached hydrogens (tertiary/aromatic N) is 1. The first-order chi connectivity index (χ1) is 14.7. The molecule has 31 heavy (non-hydrogen) atoms. The highest BCUT2D eigenvalue weighted by Gasteiger charge is 2.34. The van der Waals surface area contributed by atoms with E-state index in [2.05, 4.69) is 21.2 Å². The van der Waals surface area contributed by atoms with E-state index in [9.17, 15) is 14.4 Å². The number of amides is 2. The van der Waals surface area contributed by atoms with Crippen molar-refractivity contribution in [2.24, 2.45) is 0 Å². The molecule has 0 radical (unpaired) electrons. The molecule has 2 amide bonds. The van der Waals surface area contributed by atoms with Crippen molar-refractivity contribution >= 4 is 62.8 Å². The standard InChI is InChI=1S/C22H19BrN2O5S/c1-3-12(2)30-18-9-4-13(11-17(18)23)10-16-19(26)24-22(31)25(20(16)27)15-7-5-14(6-8-15)21(28)29/h4-12H,3H2,1-2H3,(H,28,29)(H,24,26,31)/b16-10+/t12-/m1/s1. The van der Waals surface area contributed by atoms with Crippen LogP contribution in [0.3, 0.4) is 0 Å². The van der Waals surface area contributed by atoms with Crippen LogP contribution in [0.15, 0.2) is 52.5 Å². The second-order valence-electron chi connectivity index (χ2n) is 6.84. The lowest BCUT2D eigenvalue weighted by Crippen LogP contribution is -2.54. The van der Waals surface area contributed by atoms with E-state index in [1.165, 1.54) is 30.3 Å². The molecule has 160 valence electrons. The van der Waals surface area contributed by atoms with Crippen LogP contribution in [0.5, 0.6) is 5.75 Å². The fourth-order valence-corrected chi connectivity index (χ4v) is 3.59. The maximum atomic E-state index is 13.1. The highest BCUT2D eigenvalue weighted by Crippen LogP contribution is 2.29. The Kier molecular flexibility index (Phi) is 6.87. The summed E-state index contributed by atoms with van der Waals surface area (Å²) in [5.41, 5.74) is 0.946. The smallest absolute Gasteiger partial charge is 0.335 e. The molecule has 0 saturated carbocycles. The molecule has 0 aliphatic carbocycles. The number of carbonyl (C=O) groups is 3. The summed E-state index contributed by atoms with van der Waals surface area (Å²) in [5, 5.41) is 11.5. The summed E-state index contributed by atoms with van der Waals surface area (Å²) >= 11 is 8.62. The number of aromatic carboxylic acids is 1. The molecular formula is C22H19BrN2O5S. The number of halogens is 1. The molecular weight excluding hydrogens is 484 g/mol. The molecule has 0 aromatic heterocycles. The maximum absolute atomic E-state index is 13.1. The number of hydrogen-bond donors (Lipinski definition) is 2. The van der Waals surface area contributed by atoms with Crippen molar-refractivity contribution in [3.8, 4) is 5.75 Å². The normalized spacial score (nSPS) is 16.3. The van der Waals surface area contributed by atoms with Crippen molar-refractivity contribution in [1.29, 1.82) is 0 Å². The molecule has 1 fully saturated rings. The van der Waals surface area contributed by atoms with Crippen LogP contribution in [-0.4, -0.2) is 34.1 Å². The molecule has 3 rings (SSSR count). The molecule has 1 atom stereocenters. The number of thiocarbonyl (C=S) groups is 1. The Morgan fingerprint density at radius 1 is 1.26 bits per heavy atom. The van der Waals surface area contributed by atoms with Crippen LogP contribution in [0.4, 0.5) is 5.69 Å². The first kappa shape index (κ1) is 22.6. The number of carboxylic acids is 1. The Bertz CT molecular complexity index is 1100. The van der Waals surface area contributed by atoms with Crippen molar-refractivity contribution in [2.45, 2.75) is 26.4 Å². The average Bonchev–Trinajstić information content (AvgIpc) is 2.73. The van der Waals surface area contributed by atoms with E-state index in [4.69, 9.17) is 22.1 Å². The van der Waals surface area contributed by atoms with Crippen molar-refractivity contribution in [3.63, 3.8) is 0 Å². The highest BCUT2D eigenvalue weighted by molar-refractivity contribution is 9.10. The number of anilines is 1. The zero-order chi connectivity index (χ0) is 22.7. The van der Waals surface area contributed by atoms with Crippen LogP contribution >= 0.6 is 28.1 Å². The van der Waals surface area contributed by atoms with Crippen molar-refractivity contribution in [3.05, 3.63) is 63.6 Å². The van der Waals surface area contributed by atoms with Gasteiger partial charge in [-0.2, -0.15) is 0 Å². The van der Waals surface area contributed by atoms with Gasteiger partial charge in [0.05, 0.1) is 21.8 Å². The van der Waals surface area contributed by atoms with Crippen molar-refractivity contribution in [2.75, 3.05) is 4.90 Å². The second kappa shape index (κ2) is 9.40. The SMILES string of the molecule is CC[C@@H](C)Oc1ccc(/C=C2\C(=O)NC(=S)N(c3ccc(C(=O)O)cc3)C2=O)cc1Br. The van der Waals surface area contributed by atoms with Crippen LogP contribution in [0.25, 0.3) is 6.08 Å². The molecule has 7 nitrogen and oxygen atoms in total. The van der Waals surface area contributed by atoms with Gasteiger partial charge in [0.2, 0.25) is 0 Å². The lowest BCUT2D eigenvalue weighted by Gasteiger charge is -2.29. The van der Waals surface area contributed by atoms with Gasteiger partial charge in [0, 0.05) is 0 Å². The Morgan fingerprint density at radius 3 is 2.52 bits per heavy atom. The van der Waals surface area contributed by atoms with E-state index in [0.29, 0.717) is 21.5 Å². The fraction of sp³-hybridized carbons (Fsp3) is 0.182. The van der Waals surface area contributed by atoms with Crippen LogP contribution in [-0.2, 0) is 9.59 Å². The predicted molar refractivity (Wildman–Crippen MR) is 124 cm³/mol. The maximum Gasteiger partial charge on any atom is 0.335 e. The molecule has 2 aromatic rings. The van der Waals surface area contributed by atoms with E-state index in [1.807, 2.05) is 13.8 Å². The van der Waals surface area contributed by atoms with Gasteiger partial charge in [0.1, 0.15) is 11.3 Å². The lowest BCUT2D eigenvalue weighted by atomic mass is 10.1. The largest absolute Gasteiger partial charge is 0.490 e. The first-order valence-electron chi connectivity index (χ1n) is 9.42. The summed E-state index contributed by atoms with van der Waals surface area (Å²) in [6.45, 7) is 3.99. The van der Waals surface area contributed by atoms with Crippen LogP contribution in [0, 0.1) is 0 Å². The van der Waals surface area contributed by atoms with Crippen LogP contribution in [0.1, 0.15) is 36.2 Å². The van der Waals surface area contributed by atoms with Crippen molar-refractivity contribution in [1.82, 2.24) is 5.32 Å². The molecule has 1 saturated heterocycles. The molecule has 2 N–H and O–H groups in total. The minimum atomic E-state index is -1.08. The van der Waals surface area contributed by atoms with Crippen LogP contribution < -0.4 is 15.0 Å². The molecule has 2 aromatic carbocycles. The second-order valence-corrected chi connectivity index (χ2v) is 8.08. The summed E-state index contributed by atoms with van der Waals surface area (Å²) in [6, 6.07) is 10.9. The third kappa shape index (κ3) is 5.00. The van der Waals surface area contributed by atoms with Gasteiger partial charge in [-0.15, -0.1) is 0 Å². The molecule has 1 aliphatic heterocycles. The molecule has 0 bridgehead atoms. The predicted octanol–water partition coefficient (Wildman–Crippen LogP) is 4.16. The number of hydrogen-bond acceptors (Lipinski definition) is 5. The summed E-state index contributed by atoms with van der Waals surface area (Å²) in [5.74, 6) is -1.63. The van der Waals surface area contributed by atoms with Crippen LogP contribution in [0.2, 0.25) is 0 Å². The minimum absolute atomic E-state index is 0.0493. The zero-order valence-corrected chi connectivity index (χ0v) is 19.1. The summed E-state index contributed by atoms with van der Waals surface area (Å²) in [7, 11) is 0. The number of benzene rings is 2. The minimum Gasteiger partial charge on any atom is -0.490 e. The molecule has 1 heterocycles. The Balaban J connectivity index is 1.91. The quantitative estimate of drug-likeness (QED) is 0.349. The Morgan fingerprint density at radius 2 is 1.94 bits per heavy atom. The van der Waals surface area contributed by atoms with E-state index >= 15 is 0 Å². The van der Waals surface area contributed by atoms with E-state index in [-0.39, 0.29) is 22.4 Å². The van der Waals surface area contributed by atoms with Gasteiger partial charge in [-0.1, -0.05) is 13.0 Å². The van der Waals surface area contributed by atoms with E-state index in [1.54, 1.807) is 18.2 Å². The number of ether oxygens (including phenoxy) is 1. The molecule has 9 heteroatoms. The van der Waals surface area contributed by atoms with E-state index < -0.39 is 17.8 Å². The van der Waals surface area contributed by atoms with Gasteiger partial charge in [-0.3, -0.25) is 19.8 Å². The van der Waals surface area contributed by atoms with E-state index in [0.717, 1.165) is 11.3 Å².